The van der Waals surface area contributed by atoms with Crippen LogP contribution in [0.3, 0.4) is 0 Å². The standard InChI is InChI=1S/C14H19NO3/c1-9(16)13(17)15-10-6-7-12(18-5)11(8-10)14(2,3)4/h6-8H,1-5H3,(H,15,17). The number of amides is 1. The molecule has 0 aliphatic heterocycles. The number of rotatable bonds is 3. The molecule has 0 fully saturated rings. The summed E-state index contributed by atoms with van der Waals surface area (Å²) in [5, 5.41) is 2.56. The van der Waals surface area contributed by atoms with E-state index in [9.17, 15) is 9.59 Å². The van der Waals surface area contributed by atoms with Crippen molar-refractivity contribution in [2.45, 2.75) is 33.1 Å². The van der Waals surface area contributed by atoms with Gasteiger partial charge >= 0.3 is 0 Å². The predicted molar refractivity (Wildman–Crippen MR) is 71.0 cm³/mol. The Hall–Kier alpha value is -1.84. The molecule has 18 heavy (non-hydrogen) atoms. The maximum atomic E-state index is 11.3. The quantitative estimate of drug-likeness (QED) is 0.837. The second kappa shape index (κ2) is 5.21. The number of anilines is 1. The number of carbonyl (C=O) groups excluding carboxylic acids is 2. The van der Waals surface area contributed by atoms with Gasteiger partial charge in [-0.1, -0.05) is 20.8 Å². The molecule has 0 aliphatic rings. The van der Waals surface area contributed by atoms with Crippen molar-refractivity contribution in [2.24, 2.45) is 0 Å². The zero-order chi connectivity index (χ0) is 13.9. The molecular weight excluding hydrogens is 230 g/mol. The van der Waals surface area contributed by atoms with Crippen molar-refractivity contribution in [1.82, 2.24) is 0 Å². The van der Waals surface area contributed by atoms with Crippen LogP contribution in [-0.2, 0) is 15.0 Å². The van der Waals surface area contributed by atoms with Crippen LogP contribution >= 0.6 is 0 Å². The van der Waals surface area contributed by atoms with Crippen molar-refractivity contribution >= 4 is 17.4 Å². The van der Waals surface area contributed by atoms with Gasteiger partial charge in [0, 0.05) is 18.2 Å². The number of nitrogens with one attached hydrogen (secondary N) is 1. The first-order chi connectivity index (χ1) is 8.25. The lowest BCUT2D eigenvalue weighted by Gasteiger charge is -2.22. The number of hydrogen-bond acceptors (Lipinski definition) is 3. The number of carbonyl (C=O) groups is 2. The van der Waals surface area contributed by atoms with E-state index < -0.39 is 11.7 Å². The summed E-state index contributed by atoms with van der Waals surface area (Å²) in [5.41, 5.74) is 1.47. The van der Waals surface area contributed by atoms with Crippen molar-refractivity contribution in [3.8, 4) is 5.75 Å². The number of Topliss-reactive ketones (excluding diaryl/α,β-unsaturated/α-hetero) is 1. The van der Waals surface area contributed by atoms with Crippen LogP contribution < -0.4 is 10.1 Å². The maximum Gasteiger partial charge on any atom is 0.291 e. The van der Waals surface area contributed by atoms with E-state index in [-0.39, 0.29) is 5.41 Å². The summed E-state index contributed by atoms with van der Waals surface area (Å²) < 4.78 is 5.30. The summed E-state index contributed by atoms with van der Waals surface area (Å²) >= 11 is 0. The van der Waals surface area contributed by atoms with Crippen LogP contribution in [0.1, 0.15) is 33.3 Å². The Morgan fingerprint density at radius 3 is 2.28 bits per heavy atom. The predicted octanol–water partition coefficient (Wildman–Crippen LogP) is 2.52. The monoisotopic (exact) mass is 249 g/mol. The van der Waals surface area contributed by atoms with Gasteiger partial charge in [0.05, 0.1) is 7.11 Å². The van der Waals surface area contributed by atoms with Gasteiger partial charge < -0.3 is 10.1 Å². The Bertz CT molecular complexity index is 472. The summed E-state index contributed by atoms with van der Waals surface area (Å²) in [5.74, 6) is -0.355. The van der Waals surface area contributed by atoms with Gasteiger partial charge in [-0.05, 0) is 23.6 Å². The highest BCUT2D eigenvalue weighted by Gasteiger charge is 2.20. The minimum atomic E-state index is -0.611. The Morgan fingerprint density at radius 2 is 1.83 bits per heavy atom. The highest BCUT2D eigenvalue weighted by atomic mass is 16.5. The number of benzene rings is 1. The fraction of sp³-hybridized carbons (Fsp3) is 0.429. The summed E-state index contributed by atoms with van der Waals surface area (Å²) in [6.07, 6.45) is 0. The first kappa shape index (κ1) is 14.2. The highest BCUT2D eigenvalue weighted by Crippen LogP contribution is 2.33. The van der Waals surface area contributed by atoms with E-state index in [1.807, 2.05) is 6.07 Å². The smallest absolute Gasteiger partial charge is 0.291 e. The van der Waals surface area contributed by atoms with E-state index in [1.54, 1.807) is 19.2 Å². The van der Waals surface area contributed by atoms with Gasteiger partial charge in [-0.2, -0.15) is 0 Å². The molecule has 0 aromatic heterocycles. The molecule has 0 spiro atoms. The van der Waals surface area contributed by atoms with Crippen LogP contribution in [0.4, 0.5) is 5.69 Å². The number of hydrogen-bond donors (Lipinski definition) is 1. The molecule has 0 bridgehead atoms. The van der Waals surface area contributed by atoms with Crippen LogP contribution in [0.15, 0.2) is 18.2 Å². The second-order valence-corrected chi connectivity index (χ2v) is 5.18. The van der Waals surface area contributed by atoms with E-state index >= 15 is 0 Å². The molecular formula is C14H19NO3. The molecule has 0 aliphatic carbocycles. The van der Waals surface area contributed by atoms with Gasteiger partial charge in [0.1, 0.15) is 5.75 Å². The lowest BCUT2D eigenvalue weighted by molar-refractivity contribution is -0.133. The highest BCUT2D eigenvalue weighted by molar-refractivity contribution is 6.39. The molecule has 1 amide bonds. The van der Waals surface area contributed by atoms with Gasteiger partial charge in [-0.15, -0.1) is 0 Å². The van der Waals surface area contributed by atoms with Crippen LogP contribution in [-0.4, -0.2) is 18.8 Å². The number of ether oxygens (including phenoxy) is 1. The SMILES string of the molecule is COc1ccc(NC(=O)C(C)=O)cc1C(C)(C)C. The first-order valence-corrected chi connectivity index (χ1v) is 5.76. The number of methoxy groups -OCH3 is 1. The van der Waals surface area contributed by atoms with E-state index in [2.05, 4.69) is 26.1 Å². The minimum Gasteiger partial charge on any atom is -0.496 e. The molecule has 4 nitrogen and oxygen atoms in total. The first-order valence-electron chi connectivity index (χ1n) is 5.76. The van der Waals surface area contributed by atoms with Crippen molar-refractivity contribution in [2.75, 3.05) is 12.4 Å². The molecule has 0 saturated heterocycles. The van der Waals surface area contributed by atoms with Crippen molar-refractivity contribution < 1.29 is 14.3 Å². The Morgan fingerprint density at radius 1 is 1.22 bits per heavy atom. The average molecular weight is 249 g/mol. The summed E-state index contributed by atoms with van der Waals surface area (Å²) in [6.45, 7) is 7.41. The summed E-state index contributed by atoms with van der Waals surface area (Å²) in [6, 6.07) is 5.34. The van der Waals surface area contributed by atoms with Crippen molar-refractivity contribution in [3.63, 3.8) is 0 Å². The fourth-order valence-corrected chi connectivity index (χ4v) is 1.59. The Labute approximate surface area is 107 Å². The molecule has 1 rings (SSSR count). The lowest BCUT2D eigenvalue weighted by Crippen LogP contribution is -2.20. The molecule has 0 unspecified atom stereocenters. The second-order valence-electron chi connectivity index (χ2n) is 5.18. The van der Waals surface area contributed by atoms with Crippen LogP contribution in [0.2, 0.25) is 0 Å². The van der Waals surface area contributed by atoms with Gasteiger partial charge in [0.15, 0.2) is 0 Å². The number of ketones is 1. The van der Waals surface area contributed by atoms with E-state index in [0.717, 1.165) is 11.3 Å². The molecule has 1 aromatic carbocycles. The van der Waals surface area contributed by atoms with Crippen LogP contribution in [0.25, 0.3) is 0 Å². The average Bonchev–Trinajstić information content (AvgIpc) is 2.27. The fourth-order valence-electron chi connectivity index (χ4n) is 1.59. The molecule has 0 heterocycles. The van der Waals surface area contributed by atoms with Crippen LogP contribution in [0.5, 0.6) is 5.75 Å². The van der Waals surface area contributed by atoms with Crippen molar-refractivity contribution in [3.05, 3.63) is 23.8 Å². The molecule has 0 atom stereocenters. The third-order valence-electron chi connectivity index (χ3n) is 2.59. The minimum absolute atomic E-state index is 0.109. The molecule has 4 heteroatoms. The largest absolute Gasteiger partial charge is 0.496 e. The molecule has 98 valence electrons. The van der Waals surface area contributed by atoms with Crippen molar-refractivity contribution in [1.29, 1.82) is 0 Å². The molecule has 1 N–H and O–H groups in total. The van der Waals surface area contributed by atoms with Gasteiger partial charge in [-0.3, -0.25) is 9.59 Å². The topological polar surface area (TPSA) is 55.4 Å². The van der Waals surface area contributed by atoms with E-state index in [1.165, 1.54) is 6.92 Å². The Kier molecular flexibility index (Phi) is 4.11. The van der Waals surface area contributed by atoms with Crippen LogP contribution in [0, 0.1) is 0 Å². The third-order valence-corrected chi connectivity index (χ3v) is 2.59. The molecule has 1 aromatic rings. The van der Waals surface area contributed by atoms with Gasteiger partial charge in [0.25, 0.3) is 5.91 Å². The van der Waals surface area contributed by atoms with E-state index in [4.69, 9.17) is 4.74 Å². The van der Waals surface area contributed by atoms with E-state index in [0.29, 0.717) is 5.69 Å². The zero-order valence-corrected chi connectivity index (χ0v) is 11.5. The van der Waals surface area contributed by atoms with Gasteiger partial charge in [-0.25, -0.2) is 0 Å². The summed E-state index contributed by atoms with van der Waals surface area (Å²) in [7, 11) is 1.61. The Balaban J connectivity index is 3.11. The third kappa shape index (κ3) is 3.32. The maximum absolute atomic E-state index is 11.3. The normalized spacial score (nSPS) is 10.9. The summed E-state index contributed by atoms with van der Waals surface area (Å²) in [4.78, 5) is 22.3. The van der Waals surface area contributed by atoms with Gasteiger partial charge in [0.2, 0.25) is 5.78 Å². The zero-order valence-electron chi connectivity index (χ0n) is 11.5. The lowest BCUT2D eigenvalue weighted by atomic mass is 9.86. The molecule has 0 radical (unpaired) electrons. The molecule has 0 saturated carbocycles.